The number of carboxylic acid groups (broad SMARTS) is 1. The van der Waals surface area contributed by atoms with E-state index in [1.54, 1.807) is 12.1 Å². The Morgan fingerprint density at radius 2 is 2.28 bits per heavy atom. The molecule has 0 aliphatic carbocycles. The van der Waals surface area contributed by atoms with Crippen molar-refractivity contribution in [3.8, 4) is 0 Å². The van der Waals surface area contributed by atoms with Gasteiger partial charge < -0.3 is 10.0 Å². The third-order valence-electron chi connectivity index (χ3n) is 2.49. The summed E-state index contributed by atoms with van der Waals surface area (Å²) in [6, 6.07) is 5.51. The molecule has 3 nitrogen and oxygen atoms in total. The average Bonchev–Trinajstić information content (AvgIpc) is 2.34. The number of hydrogen-bond donors (Lipinski definition) is 1. The highest BCUT2D eigenvalue weighted by Crippen LogP contribution is 2.28. The van der Waals surface area contributed by atoms with Crippen molar-refractivity contribution >= 4 is 29.3 Å². The topological polar surface area (TPSA) is 40.5 Å². The molecular formula is C14H16ClNO2. The van der Waals surface area contributed by atoms with Crippen molar-refractivity contribution in [2.45, 2.75) is 6.92 Å². The standard InChI is InChI=1S/C14H16ClNO2/c1-3-10-16(4-2)13-7-5-6-12(15)11(13)8-9-14(17)18/h3,5-9H,1,4,10H2,2H3,(H,17,18)/b9-8+. The molecule has 4 heteroatoms. The number of anilines is 1. The number of likely N-dealkylation sites (N-methyl/N-ethyl adjacent to an activating group) is 1. The summed E-state index contributed by atoms with van der Waals surface area (Å²) in [6.07, 6.45) is 4.41. The molecule has 1 aromatic carbocycles. The number of hydrogen-bond acceptors (Lipinski definition) is 2. The van der Waals surface area contributed by atoms with Gasteiger partial charge in [0.05, 0.1) is 0 Å². The first kappa shape index (κ1) is 14.3. The average molecular weight is 266 g/mol. The fraction of sp³-hybridized carbons (Fsp3) is 0.214. The van der Waals surface area contributed by atoms with E-state index in [0.29, 0.717) is 17.1 Å². The maximum Gasteiger partial charge on any atom is 0.328 e. The van der Waals surface area contributed by atoms with E-state index >= 15 is 0 Å². The van der Waals surface area contributed by atoms with Gasteiger partial charge in [0.15, 0.2) is 0 Å². The molecular weight excluding hydrogens is 250 g/mol. The number of carbonyl (C=O) groups is 1. The van der Waals surface area contributed by atoms with E-state index in [2.05, 4.69) is 11.5 Å². The third kappa shape index (κ3) is 3.64. The van der Waals surface area contributed by atoms with Gasteiger partial charge >= 0.3 is 5.97 Å². The second-order valence-electron chi connectivity index (χ2n) is 3.67. The highest BCUT2D eigenvalue weighted by molar-refractivity contribution is 6.32. The van der Waals surface area contributed by atoms with E-state index in [1.807, 2.05) is 19.1 Å². The van der Waals surface area contributed by atoms with Crippen LogP contribution >= 0.6 is 11.6 Å². The normalized spacial score (nSPS) is 10.6. The van der Waals surface area contributed by atoms with Crippen LogP contribution in [0.4, 0.5) is 5.69 Å². The van der Waals surface area contributed by atoms with Crippen molar-refractivity contribution in [2.75, 3.05) is 18.0 Å². The number of benzene rings is 1. The molecule has 0 saturated heterocycles. The molecule has 0 aliphatic rings. The molecule has 0 heterocycles. The maximum atomic E-state index is 10.6. The molecule has 0 amide bonds. The minimum absolute atomic E-state index is 0.535. The zero-order valence-electron chi connectivity index (χ0n) is 10.3. The molecule has 0 bridgehead atoms. The summed E-state index contributed by atoms with van der Waals surface area (Å²) in [5.74, 6) is -0.993. The van der Waals surface area contributed by atoms with Crippen LogP contribution in [0.2, 0.25) is 5.02 Å². The van der Waals surface area contributed by atoms with Gasteiger partial charge in [-0.25, -0.2) is 4.79 Å². The Balaban J connectivity index is 3.21. The zero-order chi connectivity index (χ0) is 13.5. The first-order chi connectivity index (χ1) is 8.60. The summed E-state index contributed by atoms with van der Waals surface area (Å²) in [5.41, 5.74) is 1.62. The summed E-state index contributed by atoms with van der Waals surface area (Å²) >= 11 is 6.12. The predicted octanol–water partition coefficient (Wildman–Crippen LogP) is 3.45. The molecule has 0 saturated carbocycles. The van der Waals surface area contributed by atoms with E-state index in [-0.39, 0.29) is 0 Å². The van der Waals surface area contributed by atoms with Gasteiger partial charge in [-0.05, 0) is 25.1 Å². The Morgan fingerprint density at radius 1 is 1.56 bits per heavy atom. The van der Waals surface area contributed by atoms with Crippen LogP contribution < -0.4 is 4.90 Å². The fourth-order valence-electron chi connectivity index (χ4n) is 1.67. The van der Waals surface area contributed by atoms with Gasteiger partial charge in [-0.15, -0.1) is 6.58 Å². The van der Waals surface area contributed by atoms with E-state index in [9.17, 15) is 4.79 Å². The van der Waals surface area contributed by atoms with Gasteiger partial charge in [0.1, 0.15) is 0 Å². The van der Waals surface area contributed by atoms with E-state index in [4.69, 9.17) is 16.7 Å². The van der Waals surface area contributed by atoms with Crippen LogP contribution in [0.15, 0.2) is 36.9 Å². The van der Waals surface area contributed by atoms with Gasteiger partial charge in [0.25, 0.3) is 0 Å². The highest BCUT2D eigenvalue weighted by atomic mass is 35.5. The smallest absolute Gasteiger partial charge is 0.328 e. The molecule has 0 radical (unpaired) electrons. The SMILES string of the molecule is C=CCN(CC)c1cccc(Cl)c1/C=C/C(=O)O. The predicted molar refractivity (Wildman–Crippen MR) is 76.2 cm³/mol. The van der Waals surface area contributed by atoms with Crippen molar-refractivity contribution < 1.29 is 9.90 Å². The molecule has 96 valence electrons. The van der Waals surface area contributed by atoms with Crippen molar-refractivity contribution in [2.24, 2.45) is 0 Å². The lowest BCUT2D eigenvalue weighted by Crippen LogP contribution is -2.23. The summed E-state index contributed by atoms with van der Waals surface area (Å²) < 4.78 is 0. The zero-order valence-corrected chi connectivity index (χ0v) is 11.0. The summed E-state index contributed by atoms with van der Waals surface area (Å²) in [6.45, 7) is 7.21. The summed E-state index contributed by atoms with van der Waals surface area (Å²) in [7, 11) is 0. The first-order valence-corrected chi connectivity index (χ1v) is 6.03. The van der Waals surface area contributed by atoms with Crippen molar-refractivity contribution in [3.05, 3.63) is 47.5 Å². The molecule has 0 atom stereocenters. The summed E-state index contributed by atoms with van der Waals surface area (Å²) in [5, 5.41) is 9.23. The van der Waals surface area contributed by atoms with Gasteiger partial charge in [-0.1, -0.05) is 23.7 Å². The molecule has 0 aliphatic heterocycles. The van der Waals surface area contributed by atoms with Gasteiger partial charge in [0, 0.05) is 35.4 Å². The first-order valence-electron chi connectivity index (χ1n) is 5.65. The van der Waals surface area contributed by atoms with Gasteiger partial charge in [0.2, 0.25) is 0 Å². The lowest BCUT2D eigenvalue weighted by atomic mass is 10.1. The number of carboxylic acids is 1. The van der Waals surface area contributed by atoms with Crippen LogP contribution in [0.5, 0.6) is 0 Å². The lowest BCUT2D eigenvalue weighted by Gasteiger charge is -2.24. The van der Waals surface area contributed by atoms with Gasteiger partial charge in [-0.2, -0.15) is 0 Å². The summed E-state index contributed by atoms with van der Waals surface area (Å²) in [4.78, 5) is 12.7. The van der Waals surface area contributed by atoms with Crippen LogP contribution in [0.25, 0.3) is 6.08 Å². The van der Waals surface area contributed by atoms with Crippen LogP contribution in [0, 0.1) is 0 Å². The van der Waals surface area contributed by atoms with Crippen LogP contribution in [-0.2, 0) is 4.79 Å². The van der Waals surface area contributed by atoms with Gasteiger partial charge in [-0.3, -0.25) is 0 Å². The lowest BCUT2D eigenvalue weighted by molar-refractivity contribution is -0.131. The fourth-order valence-corrected chi connectivity index (χ4v) is 1.91. The quantitative estimate of drug-likeness (QED) is 0.633. The minimum Gasteiger partial charge on any atom is -0.478 e. The Labute approximate surface area is 112 Å². The molecule has 18 heavy (non-hydrogen) atoms. The van der Waals surface area contributed by atoms with Crippen molar-refractivity contribution in [3.63, 3.8) is 0 Å². The molecule has 0 spiro atoms. The van der Waals surface area contributed by atoms with Crippen molar-refractivity contribution in [1.29, 1.82) is 0 Å². The maximum absolute atomic E-state index is 10.6. The third-order valence-corrected chi connectivity index (χ3v) is 2.82. The van der Waals surface area contributed by atoms with Crippen LogP contribution in [0.1, 0.15) is 12.5 Å². The largest absolute Gasteiger partial charge is 0.478 e. The monoisotopic (exact) mass is 265 g/mol. The molecule has 1 rings (SSSR count). The molecule has 0 aromatic heterocycles. The second kappa shape index (κ2) is 6.87. The molecule has 0 fully saturated rings. The van der Waals surface area contributed by atoms with E-state index in [0.717, 1.165) is 18.3 Å². The minimum atomic E-state index is -0.993. The Kier molecular flexibility index (Phi) is 5.46. The number of rotatable bonds is 6. The Morgan fingerprint density at radius 3 is 2.83 bits per heavy atom. The van der Waals surface area contributed by atoms with E-state index < -0.39 is 5.97 Å². The Hall–Kier alpha value is -1.74. The van der Waals surface area contributed by atoms with Crippen LogP contribution in [0.3, 0.4) is 0 Å². The molecule has 1 N–H and O–H groups in total. The Bertz CT molecular complexity index is 469. The van der Waals surface area contributed by atoms with Crippen LogP contribution in [-0.4, -0.2) is 24.2 Å². The number of nitrogens with zero attached hydrogens (tertiary/aromatic N) is 1. The van der Waals surface area contributed by atoms with E-state index in [1.165, 1.54) is 6.08 Å². The number of aliphatic carboxylic acids is 1. The number of halogens is 1. The molecule has 1 aromatic rings. The second-order valence-corrected chi connectivity index (χ2v) is 4.08. The van der Waals surface area contributed by atoms with Crippen molar-refractivity contribution in [1.82, 2.24) is 0 Å². The highest BCUT2D eigenvalue weighted by Gasteiger charge is 2.09. The molecule has 0 unspecified atom stereocenters.